The molecule has 3 aromatic rings. The Bertz CT molecular complexity index is 1140. The van der Waals surface area contributed by atoms with Gasteiger partial charge in [0.05, 0.1) is 11.3 Å². The molecule has 0 bridgehead atoms. The number of nitrogens with one attached hydrogen (secondary N) is 1. The summed E-state index contributed by atoms with van der Waals surface area (Å²) in [4.78, 5) is 27.5. The summed E-state index contributed by atoms with van der Waals surface area (Å²) < 4.78 is 13.3. The summed E-state index contributed by atoms with van der Waals surface area (Å²) in [6.07, 6.45) is 0. The van der Waals surface area contributed by atoms with Crippen LogP contribution in [-0.2, 0) is 9.59 Å². The van der Waals surface area contributed by atoms with E-state index in [1.54, 1.807) is 42.5 Å². The Morgan fingerprint density at radius 2 is 1.55 bits per heavy atom. The topological polar surface area (TPSA) is 49.4 Å². The van der Waals surface area contributed by atoms with Gasteiger partial charge in [0.15, 0.2) is 0 Å². The van der Waals surface area contributed by atoms with Gasteiger partial charge in [-0.1, -0.05) is 48.0 Å². The molecule has 0 saturated carbocycles. The number of halogens is 2. The summed E-state index contributed by atoms with van der Waals surface area (Å²) in [5, 5.41) is 3.64. The van der Waals surface area contributed by atoms with Crippen LogP contribution >= 0.6 is 11.6 Å². The molecule has 4 rings (SSSR count). The van der Waals surface area contributed by atoms with E-state index >= 15 is 0 Å². The summed E-state index contributed by atoms with van der Waals surface area (Å²) in [6.45, 7) is 1.83. The number of anilines is 2. The molecule has 0 spiro atoms. The number of amides is 2. The lowest BCUT2D eigenvalue weighted by Crippen LogP contribution is -2.32. The van der Waals surface area contributed by atoms with Crippen molar-refractivity contribution in [3.8, 4) is 0 Å². The minimum atomic E-state index is -0.514. The van der Waals surface area contributed by atoms with Gasteiger partial charge in [0, 0.05) is 10.7 Å². The van der Waals surface area contributed by atoms with E-state index in [1.165, 1.54) is 24.3 Å². The summed E-state index contributed by atoms with van der Waals surface area (Å²) in [6, 6.07) is 19.5. The number of carbonyl (C=O) groups excluding carboxylic acids is 2. The molecule has 0 radical (unpaired) electrons. The second-order valence-corrected chi connectivity index (χ2v) is 6.98. The third-order valence-electron chi connectivity index (χ3n) is 4.76. The molecule has 29 heavy (non-hydrogen) atoms. The van der Waals surface area contributed by atoms with Crippen LogP contribution in [0.1, 0.15) is 11.1 Å². The van der Waals surface area contributed by atoms with Crippen LogP contribution in [0, 0.1) is 12.7 Å². The van der Waals surface area contributed by atoms with Gasteiger partial charge >= 0.3 is 0 Å². The average Bonchev–Trinajstić information content (AvgIpc) is 2.96. The molecule has 0 saturated heterocycles. The van der Waals surface area contributed by atoms with Gasteiger partial charge < -0.3 is 5.32 Å². The number of nitrogens with zero attached hydrogens (tertiary/aromatic N) is 1. The highest BCUT2D eigenvalue weighted by Crippen LogP contribution is 2.35. The maximum absolute atomic E-state index is 13.3. The standard InChI is InChI=1S/C23H16ClFN2O2/c1-14-18(24)8-5-9-19(14)26-21-20(15-6-3-2-4-7-15)22(28)27(23(21)29)17-12-10-16(25)11-13-17/h2-13,26H,1H3. The second kappa shape index (κ2) is 7.53. The van der Waals surface area contributed by atoms with Crippen LogP contribution in [0.25, 0.3) is 5.57 Å². The fourth-order valence-corrected chi connectivity index (χ4v) is 3.40. The Morgan fingerprint density at radius 1 is 0.862 bits per heavy atom. The number of hydrogen-bond donors (Lipinski definition) is 1. The van der Waals surface area contributed by atoms with Gasteiger partial charge in [-0.3, -0.25) is 9.59 Å². The van der Waals surface area contributed by atoms with E-state index in [-0.39, 0.29) is 11.3 Å². The zero-order valence-electron chi connectivity index (χ0n) is 15.4. The number of rotatable bonds is 4. The van der Waals surface area contributed by atoms with Crippen LogP contribution in [0.2, 0.25) is 5.02 Å². The molecule has 1 heterocycles. The first kappa shape index (κ1) is 18.9. The van der Waals surface area contributed by atoms with E-state index in [2.05, 4.69) is 5.32 Å². The summed E-state index contributed by atoms with van der Waals surface area (Å²) >= 11 is 6.20. The highest BCUT2D eigenvalue weighted by molar-refractivity contribution is 6.46. The Balaban J connectivity index is 1.84. The lowest BCUT2D eigenvalue weighted by molar-refractivity contribution is -0.120. The Labute approximate surface area is 172 Å². The number of benzene rings is 3. The van der Waals surface area contributed by atoms with Crippen LogP contribution in [0.4, 0.5) is 15.8 Å². The Kier molecular flexibility index (Phi) is 4.91. The molecule has 0 unspecified atom stereocenters. The molecular formula is C23H16ClFN2O2. The zero-order valence-corrected chi connectivity index (χ0v) is 16.2. The predicted octanol–water partition coefficient (Wildman–Crippen LogP) is 5.18. The molecule has 2 amide bonds. The third-order valence-corrected chi connectivity index (χ3v) is 5.17. The first-order valence-electron chi connectivity index (χ1n) is 8.93. The van der Waals surface area contributed by atoms with E-state index in [9.17, 15) is 14.0 Å². The largest absolute Gasteiger partial charge is 0.350 e. The smallest absolute Gasteiger partial charge is 0.282 e. The molecule has 3 aromatic carbocycles. The van der Waals surface area contributed by atoms with Crippen molar-refractivity contribution in [2.45, 2.75) is 6.92 Å². The van der Waals surface area contributed by atoms with Gasteiger partial charge in [0.25, 0.3) is 11.8 Å². The normalized spacial score (nSPS) is 14.0. The maximum Gasteiger partial charge on any atom is 0.282 e. The van der Waals surface area contributed by atoms with Crippen LogP contribution in [0.15, 0.2) is 78.5 Å². The molecule has 0 fully saturated rings. The first-order valence-corrected chi connectivity index (χ1v) is 9.31. The van der Waals surface area contributed by atoms with E-state index in [1.807, 2.05) is 13.0 Å². The fraction of sp³-hybridized carbons (Fsp3) is 0.0435. The van der Waals surface area contributed by atoms with Crippen molar-refractivity contribution >= 4 is 40.4 Å². The Hall–Kier alpha value is -3.44. The average molecular weight is 407 g/mol. The predicted molar refractivity (Wildman–Crippen MR) is 112 cm³/mol. The van der Waals surface area contributed by atoms with Crippen molar-refractivity contribution in [1.82, 2.24) is 0 Å². The number of carbonyl (C=O) groups is 2. The van der Waals surface area contributed by atoms with Crippen molar-refractivity contribution in [3.05, 3.63) is 100 Å². The first-order chi connectivity index (χ1) is 14.0. The van der Waals surface area contributed by atoms with Gasteiger partial charge in [0.1, 0.15) is 11.5 Å². The molecule has 1 aliphatic rings. The van der Waals surface area contributed by atoms with Gasteiger partial charge in [0.2, 0.25) is 0 Å². The van der Waals surface area contributed by atoms with Crippen molar-refractivity contribution < 1.29 is 14.0 Å². The second-order valence-electron chi connectivity index (χ2n) is 6.58. The molecule has 6 heteroatoms. The number of hydrogen-bond acceptors (Lipinski definition) is 3. The van der Waals surface area contributed by atoms with Crippen LogP contribution < -0.4 is 10.2 Å². The summed E-state index contributed by atoms with van der Waals surface area (Å²) in [7, 11) is 0. The molecule has 0 aromatic heterocycles. The maximum atomic E-state index is 13.3. The van der Waals surface area contributed by atoms with E-state index in [4.69, 9.17) is 11.6 Å². The minimum Gasteiger partial charge on any atom is -0.350 e. The monoisotopic (exact) mass is 406 g/mol. The minimum absolute atomic E-state index is 0.149. The van der Waals surface area contributed by atoms with Gasteiger partial charge in [-0.2, -0.15) is 0 Å². The highest BCUT2D eigenvalue weighted by Gasteiger charge is 2.40. The van der Waals surface area contributed by atoms with E-state index in [0.29, 0.717) is 22.0 Å². The van der Waals surface area contributed by atoms with Crippen molar-refractivity contribution in [2.24, 2.45) is 0 Å². The molecule has 144 valence electrons. The van der Waals surface area contributed by atoms with Crippen molar-refractivity contribution in [2.75, 3.05) is 10.2 Å². The molecule has 1 aliphatic heterocycles. The van der Waals surface area contributed by atoms with Gasteiger partial charge in [-0.05, 0) is 54.4 Å². The van der Waals surface area contributed by atoms with Crippen molar-refractivity contribution in [1.29, 1.82) is 0 Å². The third kappa shape index (κ3) is 3.41. The van der Waals surface area contributed by atoms with Crippen molar-refractivity contribution in [3.63, 3.8) is 0 Å². The zero-order chi connectivity index (χ0) is 20.5. The van der Waals surface area contributed by atoms with Gasteiger partial charge in [-0.15, -0.1) is 0 Å². The van der Waals surface area contributed by atoms with Crippen LogP contribution in [0.3, 0.4) is 0 Å². The summed E-state index contributed by atoms with van der Waals surface area (Å²) in [5.74, 6) is -1.44. The molecular weight excluding hydrogens is 391 g/mol. The highest BCUT2D eigenvalue weighted by atomic mass is 35.5. The molecule has 0 atom stereocenters. The fourth-order valence-electron chi connectivity index (χ4n) is 3.22. The lowest BCUT2D eigenvalue weighted by atomic mass is 10.0. The number of imide groups is 1. The molecule has 1 N–H and O–H groups in total. The Morgan fingerprint density at radius 3 is 2.24 bits per heavy atom. The molecule has 0 aliphatic carbocycles. The quantitative estimate of drug-likeness (QED) is 0.607. The van der Waals surface area contributed by atoms with E-state index in [0.717, 1.165) is 10.5 Å². The van der Waals surface area contributed by atoms with Crippen LogP contribution in [-0.4, -0.2) is 11.8 Å². The molecule has 4 nitrogen and oxygen atoms in total. The van der Waals surface area contributed by atoms with Gasteiger partial charge in [-0.25, -0.2) is 9.29 Å². The SMILES string of the molecule is Cc1c(Cl)cccc1NC1=C(c2ccccc2)C(=O)N(c2ccc(F)cc2)C1=O. The van der Waals surface area contributed by atoms with Crippen LogP contribution in [0.5, 0.6) is 0 Å². The summed E-state index contributed by atoms with van der Waals surface area (Å²) in [5.41, 5.74) is 2.69. The van der Waals surface area contributed by atoms with E-state index < -0.39 is 17.6 Å². The lowest BCUT2D eigenvalue weighted by Gasteiger charge is -2.16.